The zero-order valence-corrected chi connectivity index (χ0v) is 6.64. The first-order valence-corrected chi connectivity index (χ1v) is 4.29. The lowest BCUT2D eigenvalue weighted by Gasteiger charge is -2.29. The molecule has 0 aliphatic carbocycles. The Balaban J connectivity index is 2.01. The molecular formula is C8H16N2. The summed E-state index contributed by atoms with van der Waals surface area (Å²) < 4.78 is 0. The van der Waals surface area contributed by atoms with Crippen LogP contribution in [0.2, 0.25) is 0 Å². The molecule has 2 atom stereocenters. The third-order valence-corrected chi connectivity index (χ3v) is 3.01. The third-order valence-electron chi connectivity index (χ3n) is 3.01. The van der Waals surface area contributed by atoms with Crippen molar-refractivity contribution in [3.8, 4) is 0 Å². The topological polar surface area (TPSA) is 15.3 Å². The number of hydrogen-bond acceptors (Lipinski definition) is 2. The molecule has 0 aromatic carbocycles. The van der Waals surface area contributed by atoms with E-state index in [1.54, 1.807) is 0 Å². The van der Waals surface area contributed by atoms with E-state index in [2.05, 4.69) is 17.3 Å². The second kappa shape index (κ2) is 2.51. The van der Waals surface area contributed by atoms with Crippen molar-refractivity contribution in [3.63, 3.8) is 0 Å². The number of fused-ring (bicyclic) bond motifs is 1. The summed E-state index contributed by atoms with van der Waals surface area (Å²) in [7, 11) is 2.25. The Morgan fingerprint density at radius 1 is 1.40 bits per heavy atom. The van der Waals surface area contributed by atoms with E-state index in [1.807, 2.05) is 0 Å². The number of rotatable bonds is 0. The number of nitrogens with zero attached hydrogens (tertiary/aromatic N) is 1. The molecule has 2 nitrogen and oxygen atoms in total. The Labute approximate surface area is 62.6 Å². The van der Waals surface area contributed by atoms with Crippen molar-refractivity contribution in [2.75, 3.05) is 26.7 Å². The molecule has 0 spiro atoms. The second-order valence-corrected chi connectivity index (χ2v) is 3.59. The van der Waals surface area contributed by atoms with Gasteiger partial charge in [0.25, 0.3) is 0 Å². The van der Waals surface area contributed by atoms with Gasteiger partial charge in [0, 0.05) is 12.6 Å². The van der Waals surface area contributed by atoms with Gasteiger partial charge in [-0.25, -0.2) is 0 Å². The molecule has 2 heteroatoms. The van der Waals surface area contributed by atoms with Crippen LogP contribution in [0.1, 0.15) is 12.8 Å². The molecule has 0 aromatic heterocycles. The van der Waals surface area contributed by atoms with Crippen LogP contribution in [-0.2, 0) is 0 Å². The average Bonchev–Trinajstić information content (AvgIpc) is 2.34. The van der Waals surface area contributed by atoms with Crippen LogP contribution in [-0.4, -0.2) is 37.6 Å². The molecule has 0 unspecified atom stereocenters. The van der Waals surface area contributed by atoms with E-state index in [1.165, 1.54) is 32.5 Å². The van der Waals surface area contributed by atoms with E-state index >= 15 is 0 Å². The van der Waals surface area contributed by atoms with Crippen LogP contribution in [0.5, 0.6) is 0 Å². The molecule has 2 saturated heterocycles. The van der Waals surface area contributed by atoms with Gasteiger partial charge in [-0.1, -0.05) is 0 Å². The third kappa shape index (κ3) is 0.956. The SMILES string of the molecule is CN1CC[C@@H]2CCNC[C@@H]21. The highest BCUT2D eigenvalue weighted by molar-refractivity contribution is 4.89. The van der Waals surface area contributed by atoms with Gasteiger partial charge in [0.1, 0.15) is 0 Å². The fraction of sp³-hybridized carbons (Fsp3) is 1.00. The molecule has 0 amide bonds. The normalized spacial score (nSPS) is 41.7. The van der Waals surface area contributed by atoms with Crippen LogP contribution in [0.25, 0.3) is 0 Å². The highest BCUT2D eigenvalue weighted by Crippen LogP contribution is 2.26. The first-order valence-electron chi connectivity index (χ1n) is 4.29. The number of hydrogen-bond donors (Lipinski definition) is 1. The molecule has 2 aliphatic heterocycles. The summed E-state index contributed by atoms with van der Waals surface area (Å²) in [4.78, 5) is 2.50. The van der Waals surface area contributed by atoms with E-state index in [0.717, 1.165) is 12.0 Å². The summed E-state index contributed by atoms with van der Waals surface area (Å²) in [6, 6.07) is 0.855. The van der Waals surface area contributed by atoms with Crippen molar-refractivity contribution >= 4 is 0 Å². The van der Waals surface area contributed by atoms with Gasteiger partial charge in [-0.15, -0.1) is 0 Å². The van der Waals surface area contributed by atoms with Gasteiger partial charge in [0.05, 0.1) is 0 Å². The molecule has 0 aromatic rings. The first-order chi connectivity index (χ1) is 4.88. The van der Waals surface area contributed by atoms with E-state index in [-0.39, 0.29) is 0 Å². The van der Waals surface area contributed by atoms with Gasteiger partial charge in [-0.05, 0) is 38.9 Å². The number of nitrogens with one attached hydrogen (secondary N) is 1. The lowest BCUT2D eigenvalue weighted by molar-refractivity contribution is 0.229. The number of piperidine rings is 1. The predicted octanol–water partition coefficient (Wildman–Crippen LogP) is 0.300. The smallest absolute Gasteiger partial charge is 0.0246 e. The fourth-order valence-electron chi connectivity index (χ4n) is 2.28. The lowest BCUT2D eigenvalue weighted by atomic mass is 9.94. The summed E-state index contributed by atoms with van der Waals surface area (Å²) >= 11 is 0. The maximum absolute atomic E-state index is 3.44. The maximum Gasteiger partial charge on any atom is 0.0246 e. The summed E-state index contributed by atoms with van der Waals surface area (Å²) in [5.74, 6) is 1.01. The summed E-state index contributed by atoms with van der Waals surface area (Å²) in [6.07, 6.45) is 2.83. The number of likely N-dealkylation sites (N-methyl/N-ethyl adjacent to an activating group) is 1. The number of likely N-dealkylation sites (tertiary alicyclic amines) is 1. The molecule has 58 valence electrons. The highest BCUT2D eigenvalue weighted by Gasteiger charge is 2.32. The van der Waals surface area contributed by atoms with Gasteiger partial charge >= 0.3 is 0 Å². The van der Waals surface area contributed by atoms with Crippen LogP contribution in [0.4, 0.5) is 0 Å². The Bertz CT molecular complexity index is 122. The largest absolute Gasteiger partial charge is 0.315 e. The molecule has 0 radical (unpaired) electrons. The Morgan fingerprint density at radius 3 is 3.10 bits per heavy atom. The Hall–Kier alpha value is -0.0800. The van der Waals surface area contributed by atoms with E-state index in [4.69, 9.17) is 0 Å². The van der Waals surface area contributed by atoms with Crippen LogP contribution in [0.15, 0.2) is 0 Å². The molecule has 0 saturated carbocycles. The van der Waals surface area contributed by atoms with Gasteiger partial charge < -0.3 is 10.2 Å². The molecular weight excluding hydrogens is 124 g/mol. The Morgan fingerprint density at radius 2 is 2.30 bits per heavy atom. The molecule has 1 N–H and O–H groups in total. The predicted molar refractivity (Wildman–Crippen MR) is 42.0 cm³/mol. The van der Waals surface area contributed by atoms with E-state index < -0.39 is 0 Å². The summed E-state index contributed by atoms with van der Waals surface area (Å²) in [6.45, 7) is 3.78. The summed E-state index contributed by atoms with van der Waals surface area (Å²) in [5, 5.41) is 3.44. The first kappa shape index (κ1) is 6.62. The van der Waals surface area contributed by atoms with Gasteiger partial charge in [-0.2, -0.15) is 0 Å². The highest BCUT2D eigenvalue weighted by atomic mass is 15.2. The molecule has 2 heterocycles. The van der Waals surface area contributed by atoms with Crippen molar-refractivity contribution in [1.82, 2.24) is 10.2 Å². The van der Waals surface area contributed by atoms with Crippen molar-refractivity contribution in [2.45, 2.75) is 18.9 Å². The van der Waals surface area contributed by atoms with Crippen LogP contribution in [0, 0.1) is 5.92 Å². The van der Waals surface area contributed by atoms with Crippen molar-refractivity contribution in [2.24, 2.45) is 5.92 Å². The molecule has 2 fully saturated rings. The molecule has 2 rings (SSSR count). The molecule has 10 heavy (non-hydrogen) atoms. The fourth-order valence-corrected chi connectivity index (χ4v) is 2.28. The zero-order chi connectivity index (χ0) is 6.97. The monoisotopic (exact) mass is 140 g/mol. The minimum Gasteiger partial charge on any atom is -0.315 e. The summed E-state index contributed by atoms with van der Waals surface area (Å²) in [5.41, 5.74) is 0. The van der Waals surface area contributed by atoms with Gasteiger partial charge in [0.2, 0.25) is 0 Å². The lowest BCUT2D eigenvalue weighted by Crippen LogP contribution is -2.44. The van der Waals surface area contributed by atoms with E-state index in [0.29, 0.717) is 0 Å². The van der Waals surface area contributed by atoms with E-state index in [9.17, 15) is 0 Å². The van der Waals surface area contributed by atoms with Crippen LogP contribution < -0.4 is 5.32 Å². The van der Waals surface area contributed by atoms with Crippen molar-refractivity contribution < 1.29 is 0 Å². The standard InChI is InChI=1S/C8H16N2/c1-10-5-3-7-2-4-9-6-8(7)10/h7-9H,2-6H2,1H3/t7-,8-/m0/s1. The van der Waals surface area contributed by atoms with Crippen molar-refractivity contribution in [1.29, 1.82) is 0 Å². The zero-order valence-electron chi connectivity index (χ0n) is 6.64. The minimum absolute atomic E-state index is 0.855. The average molecular weight is 140 g/mol. The minimum atomic E-state index is 0.855. The molecule has 2 aliphatic rings. The van der Waals surface area contributed by atoms with Gasteiger partial charge in [0.15, 0.2) is 0 Å². The molecule has 0 bridgehead atoms. The quantitative estimate of drug-likeness (QED) is 0.520. The Kier molecular flexibility index (Phi) is 1.66. The van der Waals surface area contributed by atoms with Crippen LogP contribution in [0.3, 0.4) is 0 Å². The van der Waals surface area contributed by atoms with Gasteiger partial charge in [-0.3, -0.25) is 0 Å². The van der Waals surface area contributed by atoms with Crippen LogP contribution >= 0.6 is 0 Å². The second-order valence-electron chi connectivity index (χ2n) is 3.59. The maximum atomic E-state index is 3.44. The van der Waals surface area contributed by atoms with Crippen molar-refractivity contribution in [3.05, 3.63) is 0 Å².